The summed E-state index contributed by atoms with van der Waals surface area (Å²) in [5.41, 5.74) is 0.827. The van der Waals surface area contributed by atoms with E-state index in [0.29, 0.717) is 0 Å². The second kappa shape index (κ2) is 6.18. The number of carbonyl (C=O) groups is 1. The quantitative estimate of drug-likeness (QED) is 0.684. The number of carbonyl (C=O) groups excluding carboxylic acids is 1. The van der Waals surface area contributed by atoms with E-state index in [9.17, 15) is 4.79 Å². The van der Waals surface area contributed by atoms with Crippen molar-refractivity contribution in [1.29, 1.82) is 0 Å². The predicted molar refractivity (Wildman–Crippen MR) is 94.3 cm³/mol. The fourth-order valence-corrected chi connectivity index (χ4v) is 3.42. The van der Waals surface area contributed by atoms with Crippen LogP contribution in [0, 0.1) is 17.3 Å². The van der Waals surface area contributed by atoms with Crippen LogP contribution in [0.2, 0.25) is 0 Å². The standard InChI is InChI=1S/C19H18Cl2O2/c1-19(2)15(10-16(20)21)17(19)18(22)23-11-12-7-8-13-5-3-4-6-14(13)9-12/h3-10,15,17H,11H2,1-2H3. The van der Waals surface area contributed by atoms with Crippen molar-refractivity contribution < 1.29 is 9.53 Å². The zero-order valence-corrected chi connectivity index (χ0v) is 14.6. The van der Waals surface area contributed by atoms with Gasteiger partial charge in [-0.3, -0.25) is 4.79 Å². The van der Waals surface area contributed by atoms with E-state index < -0.39 is 0 Å². The number of allylic oxidation sites excluding steroid dienone is 1. The molecule has 2 aromatic rings. The van der Waals surface area contributed by atoms with Gasteiger partial charge in [-0.2, -0.15) is 0 Å². The maximum atomic E-state index is 12.3. The van der Waals surface area contributed by atoms with Crippen LogP contribution in [0.1, 0.15) is 19.4 Å². The van der Waals surface area contributed by atoms with Crippen molar-refractivity contribution in [2.75, 3.05) is 0 Å². The topological polar surface area (TPSA) is 26.3 Å². The Bertz CT molecular complexity index is 776. The summed E-state index contributed by atoms with van der Waals surface area (Å²) in [6.45, 7) is 4.32. The minimum absolute atomic E-state index is 0.0385. The molecule has 0 saturated heterocycles. The Balaban J connectivity index is 1.66. The molecule has 1 saturated carbocycles. The van der Waals surface area contributed by atoms with Gasteiger partial charge < -0.3 is 4.74 Å². The number of ether oxygens (including phenoxy) is 1. The molecule has 0 N–H and O–H groups in total. The van der Waals surface area contributed by atoms with Crippen molar-refractivity contribution in [3.8, 4) is 0 Å². The van der Waals surface area contributed by atoms with Gasteiger partial charge in [-0.05, 0) is 39.8 Å². The van der Waals surface area contributed by atoms with Gasteiger partial charge in [0.1, 0.15) is 11.1 Å². The Morgan fingerprint density at radius 3 is 2.57 bits per heavy atom. The molecular formula is C19H18Cl2O2. The van der Waals surface area contributed by atoms with Crippen molar-refractivity contribution in [3.05, 3.63) is 58.6 Å². The molecule has 23 heavy (non-hydrogen) atoms. The first-order valence-corrected chi connectivity index (χ1v) is 8.32. The average Bonchev–Trinajstić information content (AvgIpc) is 3.04. The van der Waals surface area contributed by atoms with Crippen molar-refractivity contribution in [3.63, 3.8) is 0 Å². The molecule has 0 aromatic heterocycles. The number of benzene rings is 2. The number of fused-ring (bicyclic) bond motifs is 1. The van der Waals surface area contributed by atoms with Gasteiger partial charge in [-0.15, -0.1) is 0 Å². The number of halogens is 2. The number of rotatable bonds is 4. The third-order valence-corrected chi connectivity index (χ3v) is 4.92. The molecule has 0 aliphatic heterocycles. The molecule has 0 heterocycles. The third kappa shape index (κ3) is 3.39. The molecule has 120 valence electrons. The van der Waals surface area contributed by atoms with Crippen molar-refractivity contribution in [2.45, 2.75) is 20.5 Å². The van der Waals surface area contributed by atoms with Gasteiger partial charge in [0.05, 0.1) is 5.92 Å². The first-order valence-electron chi connectivity index (χ1n) is 7.57. The van der Waals surface area contributed by atoms with E-state index in [1.807, 2.05) is 50.2 Å². The molecule has 2 aromatic carbocycles. The van der Waals surface area contributed by atoms with Gasteiger partial charge in [-0.25, -0.2) is 0 Å². The van der Waals surface area contributed by atoms with Crippen LogP contribution in [0.5, 0.6) is 0 Å². The molecule has 2 nitrogen and oxygen atoms in total. The summed E-state index contributed by atoms with van der Waals surface area (Å²) in [4.78, 5) is 12.3. The highest BCUT2D eigenvalue weighted by atomic mass is 35.5. The lowest BCUT2D eigenvalue weighted by molar-refractivity contribution is -0.147. The molecule has 0 radical (unpaired) electrons. The fourth-order valence-electron chi connectivity index (χ4n) is 3.15. The predicted octanol–water partition coefficient (Wildman–Crippen LogP) is 5.47. The molecule has 1 aliphatic rings. The van der Waals surface area contributed by atoms with Crippen LogP contribution in [0.25, 0.3) is 10.8 Å². The van der Waals surface area contributed by atoms with E-state index in [0.717, 1.165) is 10.9 Å². The van der Waals surface area contributed by atoms with Crippen molar-refractivity contribution >= 4 is 39.9 Å². The molecule has 2 atom stereocenters. The van der Waals surface area contributed by atoms with Crippen LogP contribution < -0.4 is 0 Å². The van der Waals surface area contributed by atoms with Gasteiger partial charge in [0.15, 0.2) is 0 Å². The molecule has 1 fully saturated rings. The van der Waals surface area contributed by atoms with E-state index in [2.05, 4.69) is 6.07 Å². The van der Waals surface area contributed by atoms with Crippen molar-refractivity contribution in [1.82, 2.24) is 0 Å². The molecule has 1 aliphatic carbocycles. The van der Waals surface area contributed by atoms with Crippen LogP contribution in [-0.2, 0) is 16.1 Å². The maximum absolute atomic E-state index is 12.3. The third-order valence-electron chi connectivity index (χ3n) is 4.67. The van der Waals surface area contributed by atoms with Gasteiger partial charge in [-0.1, -0.05) is 73.4 Å². The lowest BCUT2D eigenvalue weighted by Crippen LogP contribution is -2.10. The highest BCUT2D eigenvalue weighted by molar-refractivity contribution is 6.55. The first-order chi connectivity index (χ1) is 10.9. The van der Waals surface area contributed by atoms with Crippen LogP contribution in [0.15, 0.2) is 53.0 Å². The summed E-state index contributed by atoms with van der Waals surface area (Å²) < 4.78 is 5.70. The SMILES string of the molecule is CC1(C)C(C=C(Cl)Cl)C1C(=O)OCc1ccc2ccccc2c1. The fraction of sp³-hybridized carbons (Fsp3) is 0.316. The summed E-state index contributed by atoms with van der Waals surface area (Å²) in [7, 11) is 0. The first kappa shape index (κ1) is 16.4. The summed E-state index contributed by atoms with van der Waals surface area (Å²) >= 11 is 11.4. The molecule has 3 rings (SSSR count). The second-order valence-electron chi connectivity index (χ2n) is 6.57. The maximum Gasteiger partial charge on any atom is 0.310 e. The van der Waals surface area contributed by atoms with Gasteiger partial charge in [0.25, 0.3) is 0 Å². The summed E-state index contributed by atoms with van der Waals surface area (Å²) in [5, 5.41) is 2.32. The number of hydrogen-bond donors (Lipinski definition) is 0. The van der Waals surface area contributed by atoms with E-state index in [1.165, 1.54) is 5.39 Å². The Hall–Kier alpha value is -1.51. The zero-order chi connectivity index (χ0) is 16.6. The normalized spacial score (nSPS) is 21.7. The van der Waals surface area contributed by atoms with Crippen LogP contribution in [0.4, 0.5) is 0 Å². The minimum atomic E-state index is -0.195. The zero-order valence-electron chi connectivity index (χ0n) is 13.1. The van der Waals surface area contributed by atoms with Gasteiger partial charge in [0, 0.05) is 0 Å². The largest absolute Gasteiger partial charge is 0.461 e. The Kier molecular flexibility index (Phi) is 4.39. The number of esters is 1. The lowest BCUT2D eigenvalue weighted by atomic mass is 10.1. The summed E-state index contributed by atoms with van der Waals surface area (Å²) in [6, 6.07) is 14.2. The highest BCUT2D eigenvalue weighted by Crippen LogP contribution is 2.60. The number of hydrogen-bond acceptors (Lipinski definition) is 2. The Morgan fingerprint density at radius 2 is 1.87 bits per heavy atom. The van der Waals surface area contributed by atoms with Crippen LogP contribution in [-0.4, -0.2) is 5.97 Å². The molecule has 0 spiro atoms. The second-order valence-corrected chi connectivity index (χ2v) is 7.58. The lowest BCUT2D eigenvalue weighted by Gasteiger charge is -2.07. The summed E-state index contributed by atoms with van der Waals surface area (Å²) in [6.07, 6.45) is 1.73. The van der Waals surface area contributed by atoms with E-state index in [4.69, 9.17) is 27.9 Å². The highest BCUT2D eigenvalue weighted by Gasteiger charge is 2.61. The molecular weight excluding hydrogens is 331 g/mol. The summed E-state index contributed by atoms with van der Waals surface area (Å²) in [5.74, 6) is -0.342. The Morgan fingerprint density at radius 1 is 1.17 bits per heavy atom. The smallest absolute Gasteiger partial charge is 0.310 e. The van der Waals surface area contributed by atoms with Crippen LogP contribution in [0.3, 0.4) is 0 Å². The van der Waals surface area contributed by atoms with Crippen LogP contribution >= 0.6 is 23.2 Å². The molecule has 0 amide bonds. The van der Waals surface area contributed by atoms with E-state index in [-0.39, 0.29) is 34.3 Å². The van der Waals surface area contributed by atoms with Crippen molar-refractivity contribution in [2.24, 2.45) is 17.3 Å². The molecule has 2 unspecified atom stereocenters. The van der Waals surface area contributed by atoms with Gasteiger partial charge >= 0.3 is 5.97 Å². The molecule has 0 bridgehead atoms. The van der Waals surface area contributed by atoms with E-state index >= 15 is 0 Å². The van der Waals surface area contributed by atoms with E-state index in [1.54, 1.807) is 6.08 Å². The molecule has 4 heteroatoms. The minimum Gasteiger partial charge on any atom is -0.461 e. The average molecular weight is 349 g/mol. The van der Waals surface area contributed by atoms with Gasteiger partial charge in [0.2, 0.25) is 0 Å². The monoisotopic (exact) mass is 348 g/mol. The Labute approximate surface area is 146 Å².